The minimum absolute atomic E-state index is 0.179. The fourth-order valence-electron chi connectivity index (χ4n) is 3.46. The van der Waals surface area contributed by atoms with Crippen LogP contribution in [0.25, 0.3) is 0 Å². The lowest BCUT2D eigenvalue weighted by Gasteiger charge is -2.19. The van der Waals surface area contributed by atoms with Gasteiger partial charge >= 0.3 is 0 Å². The van der Waals surface area contributed by atoms with Gasteiger partial charge in [-0.3, -0.25) is 14.4 Å². The molecule has 1 atom stereocenters. The van der Waals surface area contributed by atoms with Crippen LogP contribution in [0.5, 0.6) is 0 Å². The second-order valence-electron chi connectivity index (χ2n) is 7.05. The Kier molecular flexibility index (Phi) is 5.42. The number of fused-ring (bicyclic) bond motifs is 2. The highest BCUT2D eigenvalue weighted by molar-refractivity contribution is 7.98. The highest BCUT2D eigenvalue weighted by Gasteiger charge is 2.29. The lowest BCUT2D eigenvalue weighted by molar-refractivity contribution is -0.116. The van der Waals surface area contributed by atoms with E-state index in [1.165, 1.54) is 0 Å². The molecule has 3 aromatic rings. The molecule has 150 valence electrons. The Hall–Kier alpha value is -3.38. The summed E-state index contributed by atoms with van der Waals surface area (Å²) in [5.41, 5.74) is 2.80. The first-order valence-electron chi connectivity index (χ1n) is 9.52. The van der Waals surface area contributed by atoms with Gasteiger partial charge in [0.15, 0.2) is 11.6 Å². The van der Waals surface area contributed by atoms with Gasteiger partial charge in [-0.25, -0.2) is 0 Å². The maximum atomic E-state index is 12.8. The van der Waals surface area contributed by atoms with Crippen LogP contribution < -0.4 is 10.6 Å². The minimum Gasteiger partial charge on any atom is -0.374 e. The van der Waals surface area contributed by atoms with E-state index in [0.29, 0.717) is 27.9 Å². The number of ketones is 2. The molecule has 30 heavy (non-hydrogen) atoms. The molecule has 1 amide bonds. The molecule has 1 aliphatic carbocycles. The van der Waals surface area contributed by atoms with E-state index in [0.717, 1.165) is 10.6 Å². The van der Waals surface area contributed by atoms with E-state index in [1.54, 1.807) is 61.2 Å². The number of rotatable bonds is 5. The summed E-state index contributed by atoms with van der Waals surface area (Å²) in [6.45, 7) is 1.77. The van der Waals surface area contributed by atoms with Crippen LogP contribution in [0.15, 0.2) is 71.6 Å². The zero-order chi connectivity index (χ0) is 21.3. The van der Waals surface area contributed by atoms with Gasteiger partial charge in [-0.15, -0.1) is 11.8 Å². The van der Waals surface area contributed by atoms with Crippen molar-refractivity contribution in [2.45, 2.75) is 17.9 Å². The molecule has 0 aromatic heterocycles. The number of anilines is 2. The Morgan fingerprint density at radius 2 is 1.47 bits per heavy atom. The molecule has 0 unspecified atom stereocenters. The van der Waals surface area contributed by atoms with Gasteiger partial charge in [0.25, 0.3) is 0 Å². The van der Waals surface area contributed by atoms with Crippen LogP contribution in [0, 0.1) is 0 Å². The van der Waals surface area contributed by atoms with E-state index in [1.807, 2.05) is 30.5 Å². The fraction of sp³-hybridized carbons (Fsp3) is 0.125. The molecule has 4 rings (SSSR count). The first kappa shape index (κ1) is 19.9. The zero-order valence-corrected chi connectivity index (χ0v) is 17.4. The van der Waals surface area contributed by atoms with Crippen LogP contribution in [-0.4, -0.2) is 29.8 Å². The first-order valence-corrected chi connectivity index (χ1v) is 10.7. The van der Waals surface area contributed by atoms with Gasteiger partial charge in [-0.2, -0.15) is 0 Å². The Morgan fingerprint density at radius 1 is 0.800 bits per heavy atom. The lowest BCUT2D eigenvalue weighted by Crippen LogP contribution is -2.32. The molecule has 0 spiro atoms. The van der Waals surface area contributed by atoms with Crippen LogP contribution >= 0.6 is 11.8 Å². The van der Waals surface area contributed by atoms with Crippen molar-refractivity contribution < 1.29 is 14.4 Å². The van der Waals surface area contributed by atoms with Gasteiger partial charge in [-0.05, 0) is 49.6 Å². The summed E-state index contributed by atoms with van der Waals surface area (Å²) >= 11 is 1.63. The predicted molar refractivity (Wildman–Crippen MR) is 120 cm³/mol. The third kappa shape index (κ3) is 3.74. The molecular weight excluding hydrogens is 396 g/mol. The summed E-state index contributed by atoms with van der Waals surface area (Å²) in [4.78, 5) is 39.3. The molecule has 5 nitrogen and oxygen atoms in total. The monoisotopic (exact) mass is 416 g/mol. The Labute approximate surface area is 178 Å². The molecule has 3 aromatic carbocycles. The summed E-state index contributed by atoms with van der Waals surface area (Å²) < 4.78 is 0. The Bertz CT molecular complexity index is 1170. The van der Waals surface area contributed by atoms with Crippen molar-refractivity contribution in [2.75, 3.05) is 16.9 Å². The van der Waals surface area contributed by atoms with E-state index in [4.69, 9.17) is 0 Å². The second-order valence-corrected chi connectivity index (χ2v) is 7.93. The summed E-state index contributed by atoms with van der Waals surface area (Å²) in [5, 5.41) is 6.01. The molecule has 1 aliphatic rings. The zero-order valence-electron chi connectivity index (χ0n) is 16.6. The van der Waals surface area contributed by atoms with Crippen LogP contribution in [0.2, 0.25) is 0 Å². The maximum absolute atomic E-state index is 12.8. The topological polar surface area (TPSA) is 75.3 Å². The highest BCUT2D eigenvalue weighted by atomic mass is 32.2. The Balaban J connectivity index is 1.52. The van der Waals surface area contributed by atoms with Crippen molar-refractivity contribution in [3.05, 3.63) is 89.0 Å². The quantitative estimate of drug-likeness (QED) is 0.464. The summed E-state index contributed by atoms with van der Waals surface area (Å²) in [6.07, 6.45) is 2.00. The van der Waals surface area contributed by atoms with Gasteiger partial charge in [0.2, 0.25) is 5.91 Å². The Morgan fingerprint density at radius 3 is 2.17 bits per heavy atom. The molecule has 0 saturated heterocycles. The van der Waals surface area contributed by atoms with E-state index in [2.05, 4.69) is 10.6 Å². The summed E-state index contributed by atoms with van der Waals surface area (Å²) in [6, 6.07) is 18.9. The van der Waals surface area contributed by atoms with Gasteiger partial charge in [0.1, 0.15) is 6.04 Å². The number of carbonyl (C=O) groups is 3. The number of benzene rings is 3. The normalized spacial score (nSPS) is 13.3. The van der Waals surface area contributed by atoms with Crippen molar-refractivity contribution in [3.8, 4) is 0 Å². The molecule has 0 bridgehead atoms. The molecule has 6 heteroatoms. The van der Waals surface area contributed by atoms with Gasteiger partial charge < -0.3 is 10.6 Å². The lowest BCUT2D eigenvalue weighted by atomic mass is 9.84. The number of hydrogen-bond acceptors (Lipinski definition) is 5. The van der Waals surface area contributed by atoms with E-state index >= 15 is 0 Å². The summed E-state index contributed by atoms with van der Waals surface area (Å²) in [7, 11) is 0. The highest BCUT2D eigenvalue weighted by Crippen LogP contribution is 2.29. The van der Waals surface area contributed by atoms with Gasteiger partial charge in [-0.1, -0.05) is 30.3 Å². The molecule has 0 aliphatic heterocycles. The molecule has 2 N–H and O–H groups in total. The van der Waals surface area contributed by atoms with E-state index in [-0.39, 0.29) is 17.5 Å². The van der Waals surface area contributed by atoms with Crippen molar-refractivity contribution in [2.24, 2.45) is 0 Å². The van der Waals surface area contributed by atoms with Crippen molar-refractivity contribution in [1.82, 2.24) is 0 Å². The first-order chi connectivity index (χ1) is 14.5. The number of amides is 1. The number of hydrogen-bond donors (Lipinski definition) is 2. The number of carbonyl (C=O) groups excluding carboxylic acids is 3. The molecule has 0 fully saturated rings. The molecule has 0 heterocycles. The molecular formula is C24H20N2O3S. The van der Waals surface area contributed by atoms with E-state index < -0.39 is 6.04 Å². The average Bonchev–Trinajstić information content (AvgIpc) is 2.77. The van der Waals surface area contributed by atoms with E-state index in [9.17, 15) is 14.4 Å². The standard InChI is InChI=1S/C24H20N2O3S/c1-14(25-15-6-5-7-17(12-15)30-2)24(29)26-16-10-11-20-21(13-16)23(28)19-9-4-3-8-18(19)22(20)27/h3-14,25H,1-2H3,(H,26,29)/t14-/m1/s1. The molecule has 0 saturated carbocycles. The minimum atomic E-state index is -0.490. The second kappa shape index (κ2) is 8.16. The SMILES string of the molecule is CSc1cccc(N[C@H](C)C(=O)Nc2ccc3c(c2)C(=O)c2ccccc2C3=O)c1. The van der Waals surface area contributed by atoms with Gasteiger partial charge in [0.05, 0.1) is 0 Å². The third-order valence-electron chi connectivity index (χ3n) is 5.04. The smallest absolute Gasteiger partial charge is 0.246 e. The maximum Gasteiger partial charge on any atom is 0.246 e. The fourth-order valence-corrected chi connectivity index (χ4v) is 3.92. The van der Waals surface area contributed by atoms with Crippen molar-refractivity contribution in [3.63, 3.8) is 0 Å². The van der Waals surface area contributed by atoms with Gasteiger partial charge in [0, 0.05) is 38.5 Å². The number of thioether (sulfide) groups is 1. The largest absolute Gasteiger partial charge is 0.374 e. The number of nitrogens with one attached hydrogen (secondary N) is 2. The van der Waals surface area contributed by atoms with Crippen LogP contribution in [-0.2, 0) is 4.79 Å². The average molecular weight is 417 g/mol. The van der Waals surface area contributed by atoms with Crippen LogP contribution in [0.1, 0.15) is 38.8 Å². The predicted octanol–water partition coefficient (Wildman–Crippen LogP) is 4.62. The van der Waals surface area contributed by atoms with Crippen molar-refractivity contribution >= 4 is 40.6 Å². The van der Waals surface area contributed by atoms with Crippen LogP contribution in [0.3, 0.4) is 0 Å². The third-order valence-corrected chi connectivity index (χ3v) is 5.76. The molecule has 0 radical (unpaired) electrons. The van der Waals surface area contributed by atoms with Crippen molar-refractivity contribution in [1.29, 1.82) is 0 Å². The summed E-state index contributed by atoms with van der Waals surface area (Å²) in [5.74, 6) is -0.627. The van der Waals surface area contributed by atoms with Crippen LogP contribution in [0.4, 0.5) is 11.4 Å².